The zero-order valence-corrected chi connectivity index (χ0v) is 7.36. The lowest BCUT2D eigenvalue weighted by molar-refractivity contribution is -0.107. The number of aromatic hydroxyl groups is 1. The van der Waals surface area contributed by atoms with Gasteiger partial charge in [0.1, 0.15) is 12.0 Å². The molecule has 0 saturated carbocycles. The highest BCUT2D eigenvalue weighted by atomic mass is 16.3. The summed E-state index contributed by atoms with van der Waals surface area (Å²) in [6, 6.07) is 5.32. The number of hydrogen-bond donors (Lipinski definition) is 1. The van der Waals surface area contributed by atoms with E-state index in [1.54, 1.807) is 18.2 Å². The largest absolute Gasteiger partial charge is 0.508 e. The second-order valence-corrected chi connectivity index (χ2v) is 2.83. The smallest absolute Gasteiger partial charge is 0.124 e. The SMILES string of the molecule is C=CCc1ccc(CC=O)c(O)c1. The van der Waals surface area contributed by atoms with E-state index in [0.29, 0.717) is 5.56 Å². The molecule has 0 aliphatic heterocycles. The maximum atomic E-state index is 10.2. The summed E-state index contributed by atoms with van der Waals surface area (Å²) in [7, 11) is 0. The molecule has 0 aliphatic carbocycles. The second kappa shape index (κ2) is 4.45. The number of aldehydes is 1. The van der Waals surface area contributed by atoms with Crippen LogP contribution in [-0.2, 0) is 17.6 Å². The van der Waals surface area contributed by atoms with E-state index >= 15 is 0 Å². The van der Waals surface area contributed by atoms with E-state index in [1.807, 2.05) is 6.07 Å². The van der Waals surface area contributed by atoms with Crippen LogP contribution < -0.4 is 0 Å². The van der Waals surface area contributed by atoms with E-state index in [-0.39, 0.29) is 12.2 Å². The van der Waals surface area contributed by atoms with E-state index < -0.39 is 0 Å². The van der Waals surface area contributed by atoms with Crippen LogP contribution in [0.15, 0.2) is 30.9 Å². The first-order valence-corrected chi connectivity index (χ1v) is 4.13. The fourth-order valence-corrected chi connectivity index (χ4v) is 1.17. The predicted molar refractivity (Wildman–Crippen MR) is 51.8 cm³/mol. The molecule has 1 rings (SSSR count). The van der Waals surface area contributed by atoms with Crippen LogP contribution in [0.25, 0.3) is 0 Å². The van der Waals surface area contributed by atoms with E-state index in [4.69, 9.17) is 0 Å². The molecule has 2 nitrogen and oxygen atoms in total. The molecule has 13 heavy (non-hydrogen) atoms. The van der Waals surface area contributed by atoms with Crippen molar-refractivity contribution in [2.45, 2.75) is 12.8 Å². The molecular weight excluding hydrogens is 164 g/mol. The van der Waals surface area contributed by atoms with Crippen LogP contribution in [0.4, 0.5) is 0 Å². The third-order valence-electron chi connectivity index (χ3n) is 1.83. The maximum absolute atomic E-state index is 10.2. The second-order valence-electron chi connectivity index (χ2n) is 2.83. The first kappa shape index (κ1) is 9.52. The maximum Gasteiger partial charge on any atom is 0.124 e. The van der Waals surface area contributed by atoms with E-state index in [9.17, 15) is 9.90 Å². The van der Waals surface area contributed by atoms with Crippen LogP contribution in [0.1, 0.15) is 11.1 Å². The van der Waals surface area contributed by atoms with Crippen molar-refractivity contribution in [3.05, 3.63) is 42.0 Å². The highest BCUT2D eigenvalue weighted by molar-refractivity contribution is 5.57. The average molecular weight is 176 g/mol. The monoisotopic (exact) mass is 176 g/mol. The van der Waals surface area contributed by atoms with Gasteiger partial charge in [0.15, 0.2) is 0 Å². The summed E-state index contributed by atoms with van der Waals surface area (Å²) in [6.07, 6.45) is 3.55. The van der Waals surface area contributed by atoms with Crippen LogP contribution in [0.2, 0.25) is 0 Å². The third kappa shape index (κ3) is 2.44. The molecule has 0 saturated heterocycles. The Balaban J connectivity index is 2.90. The minimum absolute atomic E-state index is 0.187. The van der Waals surface area contributed by atoms with Gasteiger partial charge in [-0.2, -0.15) is 0 Å². The molecule has 2 heteroatoms. The molecule has 0 fully saturated rings. The Morgan fingerprint density at radius 1 is 1.38 bits per heavy atom. The minimum atomic E-state index is 0.187. The topological polar surface area (TPSA) is 37.3 Å². The Morgan fingerprint density at radius 3 is 2.69 bits per heavy atom. The number of benzene rings is 1. The van der Waals surface area contributed by atoms with Crippen molar-refractivity contribution in [3.8, 4) is 5.75 Å². The van der Waals surface area contributed by atoms with E-state index in [2.05, 4.69) is 6.58 Å². The molecule has 0 heterocycles. The number of phenolic OH excluding ortho intramolecular Hbond substituents is 1. The summed E-state index contributed by atoms with van der Waals surface area (Å²) >= 11 is 0. The minimum Gasteiger partial charge on any atom is -0.508 e. The molecular formula is C11H12O2. The van der Waals surface area contributed by atoms with Crippen molar-refractivity contribution in [1.29, 1.82) is 0 Å². The molecule has 0 aromatic heterocycles. The summed E-state index contributed by atoms with van der Waals surface area (Å²) in [4.78, 5) is 10.2. The lowest BCUT2D eigenvalue weighted by atomic mass is 10.1. The van der Waals surface area contributed by atoms with Gasteiger partial charge in [0, 0.05) is 12.0 Å². The van der Waals surface area contributed by atoms with Gasteiger partial charge in [-0.05, 0) is 18.1 Å². The summed E-state index contributed by atoms with van der Waals surface area (Å²) < 4.78 is 0. The van der Waals surface area contributed by atoms with Gasteiger partial charge in [-0.15, -0.1) is 6.58 Å². The van der Waals surface area contributed by atoms with E-state index in [1.165, 1.54) is 0 Å². The number of rotatable bonds is 4. The summed E-state index contributed by atoms with van der Waals surface area (Å²) in [6.45, 7) is 3.61. The molecule has 0 amide bonds. The van der Waals surface area contributed by atoms with E-state index in [0.717, 1.165) is 18.3 Å². The Hall–Kier alpha value is -1.57. The van der Waals surface area contributed by atoms with Crippen molar-refractivity contribution < 1.29 is 9.90 Å². The molecule has 0 unspecified atom stereocenters. The highest BCUT2D eigenvalue weighted by Gasteiger charge is 2.00. The molecule has 68 valence electrons. The van der Waals surface area contributed by atoms with Gasteiger partial charge in [-0.3, -0.25) is 0 Å². The molecule has 1 aromatic rings. The summed E-state index contributed by atoms with van der Waals surface area (Å²) in [5, 5.41) is 9.46. The fourth-order valence-electron chi connectivity index (χ4n) is 1.17. The fraction of sp³-hybridized carbons (Fsp3) is 0.182. The Labute approximate surface area is 77.5 Å². The quantitative estimate of drug-likeness (QED) is 0.561. The predicted octanol–water partition coefficient (Wildman–Crippen LogP) is 1.86. The first-order valence-electron chi connectivity index (χ1n) is 4.13. The normalized spacial score (nSPS) is 9.54. The third-order valence-corrected chi connectivity index (χ3v) is 1.83. The first-order chi connectivity index (χ1) is 6.27. The zero-order chi connectivity index (χ0) is 9.68. The summed E-state index contributed by atoms with van der Waals surface area (Å²) in [5.74, 6) is 0.187. The summed E-state index contributed by atoms with van der Waals surface area (Å²) in [5.41, 5.74) is 1.67. The standard InChI is InChI=1S/C11H12O2/c1-2-3-9-4-5-10(6-7-12)11(13)8-9/h2,4-5,7-8,13H,1,3,6H2. The van der Waals surface area contributed by atoms with Gasteiger partial charge in [-0.1, -0.05) is 18.2 Å². The van der Waals surface area contributed by atoms with Crippen molar-refractivity contribution in [1.82, 2.24) is 0 Å². The zero-order valence-electron chi connectivity index (χ0n) is 7.36. The number of phenols is 1. The highest BCUT2D eigenvalue weighted by Crippen LogP contribution is 2.19. The van der Waals surface area contributed by atoms with Gasteiger partial charge < -0.3 is 9.90 Å². The molecule has 0 spiro atoms. The number of carbonyl (C=O) groups is 1. The lowest BCUT2D eigenvalue weighted by Gasteiger charge is -2.02. The van der Waals surface area contributed by atoms with Gasteiger partial charge in [0.2, 0.25) is 0 Å². The van der Waals surface area contributed by atoms with Crippen molar-refractivity contribution >= 4 is 6.29 Å². The van der Waals surface area contributed by atoms with Crippen LogP contribution in [-0.4, -0.2) is 11.4 Å². The Bertz CT molecular complexity index is 316. The number of hydrogen-bond acceptors (Lipinski definition) is 2. The van der Waals surface area contributed by atoms with Crippen molar-refractivity contribution in [2.24, 2.45) is 0 Å². The molecule has 1 aromatic carbocycles. The average Bonchev–Trinajstić information content (AvgIpc) is 2.10. The van der Waals surface area contributed by atoms with Crippen LogP contribution >= 0.6 is 0 Å². The van der Waals surface area contributed by atoms with Gasteiger partial charge in [0.25, 0.3) is 0 Å². The molecule has 0 atom stereocenters. The Morgan fingerprint density at radius 2 is 2.15 bits per heavy atom. The lowest BCUT2D eigenvalue weighted by Crippen LogP contribution is -1.88. The molecule has 0 radical (unpaired) electrons. The van der Waals surface area contributed by atoms with Gasteiger partial charge >= 0.3 is 0 Å². The number of carbonyl (C=O) groups excluding carboxylic acids is 1. The Kier molecular flexibility index (Phi) is 3.26. The van der Waals surface area contributed by atoms with Crippen LogP contribution in [0, 0.1) is 0 Å². The van der Waals surface area contributed by atoms with Crippen LogP contribution in [0.3, 0.4) is 0 Å². The van der Waals surface area contributed by atoms with Crippen molar-refractivity contribution in [2.75, 3.05) is 0 Å². The van der Waals surface area contributed by atoms with Gasteiger partial charge in [0.05, 0.1) is 0 Å². The number of allylic oxidation sites excluding steroid dienone is 1. The molecule has 0 aliphatic rings. The van der Waals surface area contributed by atoms with Crippen LogP contribution in [0.5, 0.6) is 5.75 Å². The molecule has 0 bridgehead atoms. The van der Waals surface area contributed by atoms with Gasteiger partial charge in [-0.25, -0.2) is 0 Å². The molecule has 1 N–H and O–H groups in total. The van der Waals surface area contributed by atoms with Crippen molar-refractivity contribution in [3.63, 3.8) is 0 Å².